The van der Waals surface area contributed by atoms with Crippen LogP contribution in [0.4, 0.5) is 0 Å². The highest BCUT2D eigenvalue weighted by atomic mass is 32.2. The lowest BCUT2D eigenvalue weighted by Crippen LogP contribution is -2.51. The summed E-state index contributed by atoms with van der Waals surface area (Å²) in [7, 11) is -3.72. The molecule has 11 nitrogen and oxygen atoms in total. The lowest BCUT2D eigenvalue weighted by molar-refractivity contribution is -0.134. The first-order valence-corrected chi connectivity index (χ1v) is 12.6. The van der Waals surface area contributed by atoms with E-state index in [4.69, 9.17) is 18.6 Å². The number of ether oxygens (including phenoxy) is 3. The zero-order chi connectivity index (χ0) is 24.3. The van der Waals surface area contributed by atoms with Gasteiger partial charge in [0.1, 0.15) is 5.75 Å². The summed E-state index contributed by atoms with van der Waals surface area (Å²) < 4.78 is 49.6. The third kappa shape index (κ3) is 5.08. The van der Waals surface area contributed by atoms with Crippen LogP contribution in [0.2, 0.25) is 0 Å². The highest BCUT2D eigenvalue weighted by Crippen LogP contribution is 2.33. The molecule has 0 aliphatic carbocycles. The number of piperazine rings is 1. The van der Waals surface area contributed by atoms with Crippen LogP contribution in [-0.4, -0.2) is 79.7 Å². The molecule has 2 aliphatic rings. The maximum atomic E-state index is 13.1. The predicted octanol–water partition coefficient (Wildman–Crippen LogP) is 1.81. The molecule has 0 bridgehead atoms. The van der Waals surface area contributed by atoms with Crippen molar-refractivity contribution < 1.29 is 31.8 Å². The number of fused-ring (bicyclic) bond motifs is 1. The molecular formula is C23H24N4O7S. The Balaban J connectivity index is 1.15. The van der Waals surface area contributed by atoms with Crippen molar-refractivity contribution in [2.45, 2.75) is 11.3 Å². The molecule has 0 N–H and O–H groups in total. The van der Waals surface area contributed by atoms with E-state index in [0.717, 1.165) is 12.0 Å². The van der Waals surface area contributed by atoms with Crippen molar-refractivity contribution >= 4 is 15.9 Å². The highest BCUT2D eigenvalue weighted by Gasteiger charge is 2.31. The Kier molecular flexibility index (Phi) is 6.55. The monoisotopic (exact) mass is 500 g/mol. The van der Waals surface area contributed by atoms with Gasteiger partial charge in [-0.3, -0.25) is 4.79 Å². The molecular weight excluding hydrogens is 476 g/mol. The van der Waals surface area contributed by atoms with E-state index in [0.29, 0.717) is 36.4 Å². The molecule has 2 aliphatic heterocycles. The number of carbonyl (C=O) groups is 1. The van der Waals surface area contributed by atoms with Crippen LogP contribution in [-0.2, 0) is 14.8 Å². The average molecular weight is 501 g/mol. The third-order valence-corrected chi connectivity index (χ3v) is 7.67. The second-order valence-corrected chi connectivity index (χ2v) is 9.94. The van der Waals surface area contributed by atoms with E-state index < -0.39 is 10.0 Å². The second-order valence-electron chi connectivity index (χ2n) is 8.00. The molecule has 1 aromatic heterocycles. The van der Waals surface area contributed by atoms with Gasteiger partial charge in [0.2, 0.25) is 22.3 Å². The first kappa shape index (κ1) is 23.1. The fraction of sp³-hybridized carbons (Fsp3) is 0.348. The maximum Gasteiger partial charge on any atom is 0.260 e. The molecule has 5 rings (SSSR count). The summed E-state index contributed by atoms with van der Waals surface area (Å²) >= 11 is 0. The van der Waals surface area contributed by atoms with E-state index in [9.17, 15) is 13.2 Å². The Hall–Kier alpha value is -3.64. The maximum absolute atomic E-state index is 13.1. The van der Waals surface area contributed by atoms with Gasteiger partial charge in [-0.2, -0.15) is 4.31 Å². The summed E-state index contributed by atoms with van der Waals surface area (Å²) in [6.07, 6.45) is 1.99. The molecule has 0 spiro atoms. The quantitative estimate of drug-likeness (QED) is 0.498. The molecule has 0 saturated carbocycles. The first-order chi connectivity index (χ1) is 17.0. The molecule has 3 heterocycles. The van der Waals surface area contributed by atoms with Gasteiger partial charge in [-0.1, -0.05) is 0 Å². The third-order valence-electron chi connectivity index (χ3n) is 5.77. The van der Waals surface area contributed by atoms with Gasteiger partial charge >= 0.3 is 0 Å². The van der Waals surface area contributed by atoms with Crippen LogP contribution in [0, 0.1) is 0 Å². The van der Waals surface area contributed by atoms with E-state index in [1.54, 1.807) is 35.2 Å². The standard InChI is InChI=1S/C23H24N4O7S/c28-22(15-33-18-4-2-17(3-5-18)23-25-24-16-34-23)26-8-10-27(11-9-26)35(29,30)19-6-7-20-21(14-19)32-13-1-12-31-20/h2-7,14,16H,1,8-13,15H2. The van der Waals surface area contributed by atoms with E-state index in [1.807, 2.05) is 0 Å². The normalized spacial score (nSPS) is 16.5. The molecule has 184 valence electrons. The number of hydrogen-bond donors (Lipinski definition) is 0. The molecule has 3 aromatic rings. The number of rotatable bonds is 6. The fourth-order valence-corrected chi connectivity index (χ4v) is 5.30. The van der Waals surface area contributed by atoms with E-state index in [1.165, 1.54) is 22.8 Å². The van der Waals surface area contributed by atoms with Gasteiger partial charge in [0.25, 0.3) is 5.91 Å². The Morgan fingerprint density at radius 1 is 0.971 bits per heavy atom. The van der Waals surface area contributed by atoms with E-state index in [2.05, 4.69) is 10.2 Å². The van der Waals surface area contributed by atoms with Crippen LogP contribution in [0.3, 0.4) is 0 Å². The summed E-state index contributed by atoms with van der Waals surface area (Å²) in [5.41, 5.74) is 0.743. The van der Waals surface area contributed by atoms with E-state index in [-0.39, 0.29) is 43.6 Å². The minimum absolute atomic E-state index is 0.144. The van der Waals surface area contributed by atoms with Gasteiger partial charge in [-0.15, -0.1) is 10.2 Å². The van der Waals surface area contributed by atoms with Crippen LogP contribution in [0.1, 0.15) is 6.42 Å². The largest absolute Gasteiger partial charge is 0.490 e. The van der Waals surface area contributed by atoms with Gasteiger partial charge in [-0.25, -0.2) is 8.42 Å². The van der Waals surface area contributed by atoms with Crippen molar-refractivity contribution in [2.24, 2.45) is 0 Å². The number of carbonyl (C=O) groups excluding carboxylic acids is 1. The minimum Gasteiger partial charge on any atom is -0.490 e. The molecule has 1 amide bonds. The van der Waals surface area contributed by atoms with Crippen molar-refractivity contribution in [1.29, 1.82) is 0 Å². The lowest BCUT2D eigenvalue weighted by Gasteiger charge is -2.34. The minimum atomic E-state index is -3.72. The lowest BCUT2D eigenvalue weighted by atomic mass is 10.2. The predicted molar refractivity (Wildman–Crippen MR) is 123 cm³/mol. The number of amides is 1. The van der Waals surface area contributed by atoms with Crippen molar-refractivity contribution in [2.75, 3.05) is 46.0 Å². The van der Waals surface area contributed by atoms with Crippen molar-refractivity contribution in [3.8, 4) is 28.7 Å². The summed E-state index contributed by atoms with van der Waals surface area (Å²) in [6, 6.07) is 11.6. The summed E-state index contributed by atoms with van der Waals surface area (Å²) in [5, 5.41) is 7.48. The van der Waals surface area contributed by atoms with Crippen molar-refractivity contribution in [3.05, 3.63) is 48.9 Å². The van der Waals surface area contributed by atoms with E-state index >= 15 is 0 Å². The molecule has 0 radical (unpaired) electrons. The number of benzene rings is 2. The fourth-order valence-electron chi connectivity index (χ4n) is 3.86. The molecule has 1 fully saturated rings. The number of aromatic nitrogens is 2. The Labute approximate surface area is 202 Å². The van der Waals surface area contributed by atoms with Gasteiger partial charge in [0.15, 0.2) is 18.1 Å². The van der Waals surface area contributed by atoms with Crippen LogP contribution < -0.4 is 14.2 Å². The topological polar surface area (TPSA) is 124 Å². The van der Waals surface area contributed by atoms with Gasteiger partial charge in [0, 0.05) is 44.2 Å². The summed E-state index contributed by atoms with van der Waals surface area (Å²) in [6.45, 7) is 1.81. The van der Waals surface area contributed by atoms with Gasteiger partial charge < -0.3 is 23.5 Å². The Bertz CT molecular complexity index is 1270. The zero-order valence-electron chi connectivity index (χ0n) is 18.8. The first-order valence-electron chi connectivity index (χ1n) is 11.2. The molecule has 0 atom stereocenters. The smallest absolute Gasteiger partial charge is 0.260 e. The summed E-state index contributed by atoms with van der Waals surface area (Å²) in [5.74, 6) is 1.68. The van der Waals surface area contributed by atoms with Crippen LogP contribution in [0.5, 0.6) is 17.2 Å². The van der Waals surface area contributed by atoms with Crippen LogP contribution >= 0.6 is 0 Å². The zero-order valence-corrected chi connectivity index (χ0v) is 19.6. The number of hydrogen-bond acceptors (Lipinski definition) is 9. The Morgan fingerprint density at radius 2 is 1.71 bits per heavy atom. The number of sulfonamides is 1. The molecule has 12 heteroatoms. The molecule has 1 saturated heterocycles. The van der Waals surface area contributed by atoms with Crippen LogP contribution in [0.15, 0.2) is 58.2 Å². The SMILES string of the molecule is O=C(COc1ccc(-c2nnco2)cc1)N1CCN(S(=O)(=O)c2ccc3c(c2)OCCCO3)CC1. The van der Waals surface area contributed by atoms with Crippen molar-refractivity contribution in [3.63, 3.8) is 0 Å². The average Bonchev–Trinajstić information content (AvgIpc) is 3.33. The van der Waals surface area contributed by atoms with Gasteiger partial charge in [0.05, 0.1) is 18.1 Å². The molecule has 2 aromatic carbocycles. The molecule has 35 heavy (non-hydrogen) atoms. The molecule has 0 unspecified atom stereocenters. The summed E-state index contributed by atoms with van der Waals surface area (Å²) in [4.78, 5) is 14.4. The van der Waals surface area contributed by atoms with Crippen molar-refractivity contribution in [1.82, 2.24) is 19.4 Å². The highest BCUT2D eigenvalue weighted by molar-refractivity contribution is 7.89. The second kappa shape index (κ2) is 9.92. The van der Waals surface area contributed by atoms with Crippen LogP contribution in [0.25, 0.3) is 11.5 Å². The number of nitrogens with zero attached hydrogens (tertiary/aromatic N) is 4. The Morgan fingerprint density at radius 3 is 2.43 bits per heavy atom. The van der Waals surface area contributed by atoms with Gasteiger partial charge in [-0.05, 0) is 36.4 Å².